The van der Waals surface area contributed by atoms with Gasteiger partial charge in [-0.3, -0.25) is 9.59 Å². The molecule has 1 aliphatic heterocycles. The quantitative estimate of drug-likeness (QED) is 0.461. The first-order chi connectivity index (χ1) is 16.3. The first-order valence-corrected chi connectivity index (χ1v) is 11.7. The van der Waals surface area contributed by atoms with Crippen LogP contribution in [0.15, 0.2) is 59.9 Å². The van der Waals surface area contributed by atoms with E-state index in [0.29, 0.717) is 34.2 Å². The number of benzene rings is 2. The van der Waals surface area contributed by atoms with E-state index in [1.54, 1.807) is 38.3 Å². The van der Waals surface area contributed by atoms with Gasteiger partial charge in [-0.05, 0) is 56.2 Å². The summed E-state index contributed by atoms with van der Waals surface area (Å²) < 4.78 is 10.9. The van der Waals surface area contributed by atoms with Crippen molar-refractivity contribution in [1.29, 1.82) is 0 Å². The molecule has 1 N–H and O–H groups in total. The summed E-state index contributed by atoms with van der Waals surface area (Å²) in [6, 6.07) is 13.8. The minimum absolute atomic E-state index is 0.0582. The summed E-state index contributed by atoms with van der Waals surface area (Å²) in [7, 11) is 1.57. The standard InChI is InChI=1S/C26H26N2O5S/c1-5-33-20-8-6-7-17(13-20)14-28-22(18-9-11-19(32-4)12-10-18)21(24(30)26(28)31)23(29)25-15(2)27-16(3)34-25/h6-13,22,30H,5,14H2,1-4H3. The highest BCUT2D eigenvalue weighted by atomic mass is 32.1. The summed E-state index contributed by atoms with van der Waals surface area (Å²) in [6.07, 6.45) is 0. The third-order valence-electron chi connectivity index (χ3n) is 5.65. The number of thiazole rings is 1. The van der Waals surface area contributed by atoms with Gasteiger partial charge in [0.05, 0.1) is 40.9 Å². The maximum Gasteiger partial charge on any atom is 0.290 e. The molecule has 0 saturated heterocycles. The summed E-state index contributed by atoms with van der Waals surface area (Å²) in [6.45, 7) is 6.19. The normalized spacial score (nSPS) is 15.7. The fourth-order valence-corrected chi connectivity index (χ4v) is 5.02. The number of Topliss-reactive ketones (excluding diaryl/α,β-unsaturated/α-hetero) is 1. The molecule has 2 aromatic carbocycles. The second kappa shape index (κ2) is 9.69. The molecule has 0 radical (unpaired) electrons. The number of aryl methyl sites for hydroxylation is 2. The Hall–Kier alpha value is -3.65. The average Bonchev–Trinajstić information content (AvgIpc) is 3.29. The number of methoxy groups -OCH3 is 1. The van der Waals surface area contributed by atoms with Gasteiger partial charge in [0, 0.05) is 6.54 Å². The van der Waals surface area contributed by atoms with Gasteiger partial charge in [-0.1, -0.05) is 24.3 Å². The monoisotopic (exact) mass is 478 g/mol. The van der Waals surface area contributed by atoms with E-state index in [1.807, 2.05) is 38.1 Å². The van der Waals surface area contributed by atoms with E-state index in [1.165, 1.54) is 16.2 Å². The van der Waals surface area contributed by atoms with E-state index in [0.717, 1.165) is 10.6 Å². The van der Waals surface area contributed by atoms with E-state index in [-0.39, 0.29) is 17.9 Å². The van der Waals surface area contributed by atoms with Crippen LogP contribution in [0.25, 0.3) is 0 Å². The number of hydrogen-bond acceptors (Lipinski definition) is 7. The first kappa shape index (κ1) is 23.5. The molecular weight excluding hydrogens is 452 g/mol. The van der Waals surface area contributed by atoms with Crippen LogP contribution in [-0.4, -0.2) is 40.4 Å². The fraction of sp³-hybridized carbons (Fsp3) is 0.269. The summed E-state index contributed by atoms with van der Waals surface area (Å²) in [5.74, 6) is -0.168. The third kappa shape index (κ3) is 4.41. The van der Waals surface area contributed by atoms with Crippen molar-refractivity contribution in [2.24, 2.45) is 0 Å². The van der Waals surface area contributed by atoms with Gasteiger partial charge in [-0.15, -0.1) is 11.3 Å². The Bertz CT molecular complexity index is 1260. The van der Waals surface area contributed by atoms with Crippen molar-refractivity contribution in [2.75, 3.05) is 13.7 Å². The maximum absolute atomic E-state index is 13.6. The lowest BCUT2D eigenvalue weighted by molar-refractivity contribution is -0.130. The zero-order valence-corrected chi connectivity index (χ0v) is 20.3. The Morgan fingerprint density at radius 1 is 1.15 bits per heavy atom. The van der Waals surface area contributed by atoms with E-state index < -0.39 is 17.7 Å². The highest BCUT2D eigenvalue weighted by Gasteiger charge is 2.44. The van der Waals surface area contributed by atoms with Crippen molar-refractivity contribution in [3.63, 3.8) is 0 Å². The molecule has 7 nitrogen and oxygen atoms in total. The van der Waals surface area contributed by atoms with E-state index in [2.05, 4.69) is 4.98 Å². The highest BCUT2D eigenvalue weighted by molar-refractivity contribution is 7.14. The lowest BCUT2D eigenvalue weighted by Crippen LogP contribution is -2.30. The summed E-state index contributed by atoms with van der Waals surface area (Å²) >= 11 is 1.26. The average molecular weight is 479 g/mol. The van der Waals surface area contributed by atoms with Gasteiger partial charge in [-0.2, -0.15) is 0 Å². The van der Waals surface area contributed by atoms with Crippen molar-refractivity contribution < 1.29 is 24.2 Å². The van der Waals surface area contributed by atoms with Crippen LogP contribution in [0.5, 0.6) is 11.5 Å². The van der Waals surface area contributed by atoms with Crippen LogP contribution < -0.4 is 9.47 Å². The molecule has 2 heterocycles. The fourth-order valence-electron chi connectivity index (χ4n) is 4.14. The minimum Gasteiger partial charge on any atom is -0.503 e. The number of carbonyl (C=O) groups is 2. The molecular formula is C26H26N2O5S. The number of aliphatic hydroxyl groups is 1. The van der Waals surface area contributed by atoms with Gasteiger partial charge in [0.15, 0.2) is 5.76 Å². The van der Waals surface area contributed by atoms with E-state index >= 15 is 0 Å². The number of ketones is 1. The van der Waals surface area contributed by atoms with Gasteiger partial charge < -0.3 is 19.5 Å². The van der Waals surface area contributed by atoms with E-state index in [4.69, 9.17) is 9.47 Å². The van der Waals surface area contributed by atoms with Crippen LogP contribution in [0.4, 0.5) is 0 Å². The molecule has 0 saturated carbocycles. The van der Waals surface area contributed by atoms with Crippen molar-refractivity contribution in [3.05, 3.63) is 86.6 Å². The SMILES string of the molecule is CCOc1cccc(CN2C(=O)C(O)=C(C(=O)c3sc(C)nc3C)C2c2ccc(OC)cc2)c1. The molecule has 4 rings (SSSR count). The molecule has 0 spiro atoms. The Balaban J connectivity index is 1.78. The Morgan fingerprint density at radius 3 is 2.50 bits per heavy atom. The molecule has 0 fully saturated rings. The molecule has 1 atom stereocenters. The van der Waals surface area contributed by atoms with Crippen LogP contribution in [0.1, 0.15) is 44.5 Å². The molecule has 1 amide bonds. The number of ether oxygens (including phenoxy) is 2. The number of hydrogen-bond donors (Lipinski definition) is 1. The molecule has 8 heteroatoms. The maximum atomic E-state index is 13.6. The zero-order valence-electron chi connectivity index (χ0n) is 19.5. The molecule has 3 aromatic rings. The van der Waals surface area contributed by atoms with Gasteiger partial charge in [-0.25, -0.2) is 4.98 Å². The number of rotatable bonds is 8. The van der Waals surface area contributed by atoms with Crippen molar-refractivity contribution in [2.45, 2.75) is 33.4 Å². The summed E-state index contributed by atoms with van der Waals surface area (Å²) in [5.41, 5.74) is 2.16. The van der Waals surface area contributed by atoms with Gasteiger partial charge in [0.25, 0.3) is 5.91 Å². The molecule has 1 aromatic heterocycles. The molecule has 1 unspecified atom stereocenters. The lowest BCUT2D eigenvalue weighted by Gasteiger charge is -2.27. The van der Waals surface area contributed by atoms with Crippen molar-refractivity contribution in [1.82, 2.24) is 9.88 Å². The number of carbonyl (C=O) groups excluding carboxylic acids is 2. The Morgan fingerprint density at radius 2 is 1.88 bits per heavy atom. The van der Waals surface area contributed by atoms with E-state index in [9.17, 15) is 14.7 Å². The highest BCUT2D eigenvalue weighted by Crippen LogP contribution is 2.41. The minimum atomic E-state index is -0.761. The molecule has 1 aliphatic rings. The molecule has 0 aliphatic carbocycles. The number of aromatic nitrogens is 1. The van der Waals surface area contributed by atoms with Gasteiger partial charge >= 0.3 is 0 Å². The first-order valence-electron chi connectivity index (χ1n) is 10.9. The molecule has 0 bridgehead atoms. The van der Waals surface area contributed by atoms with Crippen LogP contribution in [0.3, 0.4) is 0 Å². The largest absolute Gasteiger partial charge is 0.503 e. The topological polar surface area (TPSA) is 89.0 Å². The van der Waals surface area contributed by atoms with Crippen LogP contribution in [0.2, 0.25) is 0 Å². The number of amides is 1. The number of nitrogens with zero attached hydrogens (tertiary/aromatic N) is 2. The predicted octanol–water partition coefficient (Wildman–Crippen LogP) is 4.95. The van der Waals surface area contributed by atoms with Crippen LogP contribution in [0, 0.1) is 13.8 Å². The smallest absolute Gasteiger partial charge is 0.290 e. The summed E-state index contributed by atoms with van der Waals surface area (Å²) in [5, 5.41) is 11.7. The molecule has 34 heavy (non-hydrogen) atoms. The van der Waals surface area contributed by atoms with Crippen molar-refractivity contribution in [3.8, 4) is 11.5 Å². The van der Waals surface area contributed by atoms with Gasteiger partial charge in [0.2, 0.25) is 5.78 Å². The Labute approximate surface area is 202 Å². The second-order valence-electron chi connectivity index (χ2n) is 7.93. The number of aliphatic hydroxyl groups excluding tert-OH is 1. The predicted molar refractivity (Wildman–Crippen MR) is 129 cm³/mol. The van der Waals surface area contributed by atoms with Gasteiger partial charge in [0.1, 0.15) is 11.5 Å². The van der Waals surface area contributed by atoms with Crippen molar-refractivity contribution >= 4 is 23.0 Å². The summed E-state index contributed by atoms with van der Waals surface area (Å²) in [4.78, 5) is 33.2. The Kier molecular flexibility index (Phi) is 6.70. The lowest BCUT2D eigenvalue weighted by atomic mass is 9.94. The second-order valence-corrected chi connectivity index (χ2v) is 9.13. The third-order valence-corrected chi connectivity index (χ3v) is 6.72. The zero-order chi connectivity index (χ0) is 24.4. The molecule has 176 valence electrons. The van der Waals surface area contributed by atoms with Crippen LogP contribution >= 0.6 is 11.3 Å². The van der Waals surface area contributed by atoms with Crippen LogP contribution in [-0.2, 0) is 11.3 Å².